The van der Waals surface area contributed by atoms with Gasteiger partial charge in [-0.05, 0) is 44.2 Å². The molecule has 1 heterocycles. The molecule has 0 unspecified atom stereocenters. The van der Waals surface area contributed by atoms with Gasteiger partial charge >= 0.3 is 0 Å². The summed E-state index contributed by atoms with van der Waals surface area (Å²) in [5.74, 6) is 0.781. The number of nitrogens with zero attached hydrogens (tertiary/aromatic N) is 2. The van der Waals surface area contributed by atoms with Crippen LogP contribution in [0, 0.1) is 0 Å². The monoisotopic (exact) mass is 400 g/mol. The van der Waals surface area contributed by atoms with E-state index in [4.69, 9.17) is 4.98 Å². The van der Waals surface area contributed by atoms with Gasteiger partial charge < -0.3 is 0 Å². The second kappa shape index (κ2) is 7.36. The smallest absolute Gasteiger partial charge is 0.266 e. The summed E-state index contributed by atoms with van der Waals surface area (Å²) in [4.78, 5) is 17.8. The highest BCUT2D eigenvalue weighted by molar-refractivity contribution is 9.10. The van der Waals surface area contributed by atoms with E-state index in [0.717, 1.165) is 21.4 Å². The zero-order valence-electron chi connectivity index (χ0n) is 13.5. The number of para-hydroxylation sites is 1. The Kier molecular flexibility index (Phi) is 5.21. The summed E-state index contributed by atoms with van der Waals surface area (Å²) in [7, 11) is 0. The molecule has 24 heavy (non-hydrogen) atoms. The first-order chi connectivity index (χ1) is 11.6. The molecule has 0 aliphatic rings. The van der Waals surface area contributed by atoms with Gasteiger partial charge in [0, 0.05) is 10.2 Å². The van der Waals surface area contributed by atoms with Gasteiger partial charge in [-0.15, -0.1) is 0 Å². The van der Waals surface area contributed by atoms with Crippen LogP contribution in [0.5, 0.6) is 0 Å². The summed E-state index contributed by atoms with van der Waals surface area (Å²) in [6.45, 7) is 4.13. The lowest BCUT2D eigenvalue weighted by Crippen LogP contribution is -2.21. The van der Waals surface area contributed by atoms with Crippen LogP contribution in [0.1, 0.15) is 13.8 Å². The lowest BCUT2D eigenvalue weighted by molar-refractivity contribution is 0.820. The quantitative estimate of drug-likeness (QED) is 0.342. The van der Waals surface area contributed by atoms with Gasteiger partial charge in [-0.25, -0.2) is 4.98 Å². The molecule has 0 N–H and O–H groups in total. The minimum atomic E-state index is -0.0489. The van der Waals surface area contributed by atoms with Gasteiger partial charge in [0.1, 0.15) is 0 Å². The molecule has 2 aromatic carbocycles. The van der Waals surface area contributed by atoms with Crippen LogP contribution in [0.3, 0.4) is 0 Å². The first-order valence-corrected chi connectivity index (χ1v) is 9.38. The Morgan fingerprint density at radius 3 is 2.67 bits per heavy atom. The Labute approximate surface area is 153 Å². The highest BCUT2D eigenvalue weighted by Gasteiger charge is 2.13. The average Bonchev–Trinajstić information content (AvgIpc) is 2.56. The van der Waals surface area contributed by atoms with Crippen molar-refractivity contribution in [2.75, 3.05) is 5.75 Å². The Hall–Kier alpha value is -1.85. The van der Waals surface area contributed by atoms with E-state index in [2.05, 4.69) is 35.9 Å². The molecule has 0 spiro atoms. The Morgan fingerprint density at radius 2 is 1.96 bits per heavy atom. The molecule has 0 bridgehead atoms. The molecule has 3 nitrogen and oxygen atoms in total. The van der Waals surface area contributed by atoms with Crippen LogP contribution in [0.25, 0.3) is 16.6 Å². The van der Waals surface area contributed by atoms with Gasteiger partial charge in [-0.3, -0.25) is 9.36 Å². The number of fused-ring (bicyclic) bond motifs is 1. The summed E-state index contributed by atoms with van der Waals surface area (Å²) < 4.78 is 2.57. The lowest BCUT2D eigenvalue weighted by atomic mass is 10.2. The molecule has 0 radical (unpaired) electrons. The fraction of sp³-hybridized carbons (Fsp3) is 0.158. The molecule has 122 valence electrons. The maximum absolute atomic E-state index is 13.1. The molecule has 1 aromatic heterocycles. The summed E-state index contributed by atoms with van der Waals surface area (Å²) >= 11 is 5.00. The summed E-state index contributed by atoms with van der Waals surface area (Å²) in [5.41, 5.74) is 2.75. The maximum atomic E-state index is 13.1. The molecule has 3 rings (SSSR count). The number of benzene rings is 2. The van der Waals surface area contributed by atoms with Crippen LogP contribution in [0.15, 0.2) is 74.6 Å². The zero-order valence-corrected chi connectivity index (χ0v) is 15.9. The normalized spacial score (nSPS) is 10.8. The van der Waals surface area contributed by atoms with Crippen LogP contribution in [0.2, 0.25) is 0 Å². The highest BCUT2D eigenvalue weighted by atomic mass is 79.9. The van der Waals surface area contributed by atoms with Crippen molar-refractivity contribution >= 4 is 38.6 Å². The number of thioether (sulfide) groups is 1. The third-order valence-corrected chi connectivity index (χ3v) is 4.88. The van der Waals surface area contributed by atoms with E-state index >= 15 is 0 Å². The maximum Gasteiger partial charge on any atom is 0.266 e. The SMILES string of the molecule is CC(C)=CCSc1nc2ccc(Br)cc2c(=O)n1-c1ccccc1. The molecule has 0 saturated heterocycles. The largest absolute Gasteiger partial charge is 0.268 e. The van der Waals surface area contributed by atoms with E-state index in [1.807, 2.05) is 48.5 Å². The number of hydrogen-bond donors (Lipinski definition) is 0. The fourth-order valence-corrected chi connectivity index (χ4v) is 3.73. The number of halogens is 1. The minimum Gasteiger partial charge on any atom is -0.268 e. The van der Waals surface area contributed by atoms with Gasteiger partial charge in [0.15, 0.2) is 5.16 Å². The van der Waals surface area contributed by atoms with Crippen molar-refractivity contribution in [3.63, 3.8) is 0 Å². The van der Waals surface area contributed by atoms with Crippen LogP contribution in [-0.4, -0.2) is 15.3 Å². The Bertz CT molecular complexity index is 960. The van der Waals surface area contributed by atoms with Crippen molar-refractivity contribution < 1.29 is 0 Å². The molecule has 3 aromatic rings. The van der Waals surface area contributed by atoms with E-state index < -0.39 is 0 Å². The molecular formula is C19H17BrN2OS. The first kappa shape index (κ1) is 17.0. The van der Waals surface area contributed by atoms with E-state index in [0.29, 0.717) is 10.5 Å². The van der Waals surface area contributed by atoms with Crippen LogP contribution < -0.4 is 5.56 Å². The third kappa shape index (κ3) is 3.62. The van der Waals surface area contributed by atoms with Gasteiger partial charge in [0.25, 0.3) is 5.56 Å². The predicted molar refractivity (Wildman–Crippen MR) is 105 cm³/mol. The topological polar surface area (TPSA) is 34.9 Å². The van der Waals surface area contributed by atoms with Gasteiger partial charge in [0.2, 0.25) is 0 Å². The number of hydrogen-bond acceptors (Lipinski definition) is 3. The number of aromatic nitrogens is 2. The molecule has 5 heteroatoms. The fourth-order valence-electron chi connectivity index (χ4n) is 2.32. The van der Waals surface area contributed by atoms with E-state index in [-0.39, 0.29) is 5.56 Å². The van der Waals surface area contributed by atoms with Crippen LogP contribution in [-0.2, 0) is 0 Å². The zero-order chi connectivity index (χ0) is 17.1. The van der Waals surface area contributed by atoms with E-state index in [9.17, 15) is 4.79 Å². The second-order valence-corrected chi connectivity index (χ2v) is 7.53. The van der Waals surface area contributed by atoms with Crippen molar-refractivity contribution in [3.05, 3.63) is 75.0 Å². The highest BCUT2D eigenvalue weighted by Crippen LogP contribution is 2.23. The minimum absolute atomic E-state index is 0.0489. The van der Waals surface area contributed by atoms with Crippen molar-refractivity contribution in [1.82, 2.24) is 9.55 Å². The van der Waals surface area contributed by atoms with Gasteiger partial charge in [0.05, 0.1) is 16.6 Å². The molecular weight excluding hydrogens is 384 g/mol. The van der Waals surface area contributed by atoms with E-state index in [1.54, 1.807) is 16.3 Å². The standard InChI is InChI=1S/C19H17BrN2OS/c1-13(2)10-11-24-19-21-17-9-8-14(20)12-16(17)18(23)22(19)15-6-4-3-5-7-15/h3-10,12H,11H2,1-2H3. The summed E-state index contributed by atoms with van der Waals surface area (Å²) in [5, 5.41) is 1.32. The Morgan fingerprint density at radius 1 is 1.21 bits per heavy atom. The Balaban J connectivity index is 2.22. The van der Waals surface area contributed by atoms with Crippen molar-refractivity contribution in [2.45, 2.75) is 19.0 Å². The predicted octanol–water partition coefficient (Wildman–Crippen LogP) is 5.21. The van der Waals surface area contributed by atoms with E-state index in [1.165, 1.54) is 5.57 Å². The number of rotatable bonds is 4. The summed E-state index contributed by atoms with van der Waals surface area (Å²) in [6, 6.07) is 15.3. The summed E-state index contributed by atoms with van der Waals surface area (Å²) in [6.07, 6.45) is 2.14. The second-order valence-electron chi connectivity index (χ2n) is 5.62. The van der Waals surface area contributed by atoms with Crippen LogP contribution >= 0.6 is 27.7 Å². The molecule has 0 saturated carbocycles. The number of allylic oxidation sites excluding steroid dienone is 1. The van der Waals surface area contributed by atoms with Crippen molar-refractivity contribution in [3.8, 4) is 5.69 Å². The molecule has 0 amide bonds. The van der Waals surface area contributed by atoms with Gasteiger partial charge in [-0.1, -0.05) is 57.5 Å². The van der Waals surface area contributed by atoms with Crippen molar-refractivity contribution in [1.29, 1.82) is 0 Å². The first-order valence-electron chi connectivity index (χ1n) is 7.60. The van der Waals surface area contributed by atoms with Crippen LogP contribution in [0.4, 0.5) is 0 Å². The van der Waals surface area contributed by atoms with Crippen molar-refractivity contribution in [2.24, 2.45) is 0 Å². The molecule has 0 atom stereocenters. The molecule has 0 aliphatic heterocycles. The molecule has 0 fully saturated rings. The lowest BCUT2D eigenvalue weighted by Gasteiger charge is -2.12. The average molecular weight is 401 g/mol. The third-order valence-electron chi connectivity index (χ3n) is 3.52. The van der Waals surface area contributed by atoms with Gasteiger partial charge in [-0.2, -0.15) is 0 Å². The molecule has 0 aliphatic carbocycles.